The quantitative estimate of drug-likeness (QED) is 0.474. The molecule has 1 aliphatic rings. The summed E-state index contributed by atoms with van der Waals surface area (Å²) in [7, 11) is 0. The van der Waals surface area contributed by atoms with E-state index in [-0.39, 0.29) is 11.4 Å². The first-order valence-corrected chi connectivity index (χ1v) is 11.0. The molecule has 1 saturated heterocycles. The van der Waals surface area contributed by atoms with Crippen LogP contribution >= 0.6 is 23.4 Å². The second-order valence-corrected chi connectivity index (χ2v) is 8.75. The van der Waals surface area contributed by atoms with Crippen molar-refractivity contribution in [1.82, 2.24) is 4.90 Å². The molecule has 3 aromatic rings. The molecule has 1 aliphatic heterocycles. The van der Waals surface area contributed by atoms with Crippen LogP contribution in [-0.4, -0.2) is 28.5 Å². The lowest BCUT2D eigenvalue weighted by atomic mass is 10.1. The summed E-state index contributed by atoms with van der Waals surface area (Å²) in [4.78, 5) is 38.6. The minimum Gasteiger partial charge on any atom is -0.457 e. The van der Waals surface area contributed by atoms with E-state index in [1.54, 1.807) is 30.3 Å². The first kappa shape index (κ1) is 21.9. The first-order chi connectivity index (χ1) is 15.3. The number of carbonyl (C=O) groups is 3. The number of thioether (sulfide) groups is 1. The lowest BCUT2D eigenvalue weighted by molar-refractivity contribution is -0.127. The Balaban J connectivity index is 1.44. The fourth-order valence-electron chi connectivity index (χ4n) is 3.13. The van der Waals surface area contributed by atoms with Gasteiger partial charge in [0.05, 0.1) is 4.91 Å². The van der Waals surface area contributed by atoms with Gasteiger partial charge in [-0.25, -0.2) is 0 Å². The van der Waals surface area contributed by atoms with Crippen molar-refractivity contribution >= 4 is 52.2 Å². The number of halogens is 1. The van der Waals surface area contributed by atoms with E-state index in [2.05, 4.69) is 5.32 Å². The molecule has 6 nitrogen and oxygen atoms in total. The summed E-state index contributed by atoms with van der Waals surface area (Å²) in [6.07, 6.45) is 1.51. The number of anilines is 1. The Morgan fingerprint density at radius 1 is 1.06 bits per heavy atom. The molecule has 1 fully saturated rings. The van der Waals surface area contributed by atoms with Gasteiger partial charge in [0.2, 0.25) is 5.91 Å². The standard InChI is InChI=1S/C24H19ClN2O4S/c1-14-3-8-18(11-15(14)2)26-22(28)13-27-23(29)21(32-24(27)30)12-19-9-10-20(31-19)16-4-6-17(25)7-5-16/h3-12H,13H2,1-2H3,(H,26,28). The molecule has 2 aromatic carbocycles. The van der Waals surface area contributed by atoms with Crippen LogP contribution in [0.5, 0.6) is 0 Å². The summed E-state index contributed by atoms with van der Waals surface area (Å²) in [5.74, 6) is 0.0689. The van der Waals surface area contributed by atoms with Gasteiger partial charge in [0.25, 0.3) is 11.1 Å². The lowest BCUT2D eigenvalue weighted by Crippen LogP contribution is -2.36. The zero-order valence-electron chi connectivity index (χ0n) is 17.3. The van der Waals surface area contributed by atoms with E-state index in [9.17, 15) is 14.4 Å². The minimum atomic E-state index is -0.528. The highest BCUT2D eigenvalue weighted by Gasteiger charge is 2.36. The van der Waals surface area contributed by atoms with Gasteiger partial charge in [0.1, 0.15) is 18.1 Å². The van der Waals surface area contributed by atoms with Crippen molar-refractivity contribution in [3.8, 4) is 11.3 Å². The molecule has 2 heterocycles. The van der Waals surface area contributed by atoms with Gasteiger partial charge in [-0.15, -0.1) is 0 Å². The topological polar surface area (TPSA) is 79.6 Å². The van der Waals surface area contributed by atoms with Gasteiger partial charge in [0, 0.05) is 22.3 Å². The van der Waals surface area contributed by atoms with Crippen LogP contribution < -0.4 is 5.32 Å². The number of rotatable bonds is 5. The second-order valence-electron chi connectivity index (χ2n) is 7.32. The monoisotopic (exact) mass is 466 g/mol. The molecule has 0 radical (unpaired) electrons. The molecular formula is C24H19ClN2O4S. The van der Waals surface area contributed by atoms with E-state index in [4.69, 9.17) is 16.0 Å². The summed E-state index contributed by atoms with van der Waals surface area (Å²) >= 11 is 6.69. The van der Waals surface area contributed by atoms with Gasteiger partial charge in [0.15, 0.2) is 0 Å². The summed E-state index contributed by atoms with van der Waals surface area (Å²) in [6.45, 7) is 3.56. The first-order valence-electron chi connectivity index (χ1n) is 9.78. The molecule has 4 rings (SSSR count). The third-order valence-corrected chi connectivity index (χ3v) is 6.15. The van der Waals surface area contributed by atoms with Crippen molar-refractivity contribution < 1.29 is 18.8 Å². The highest BCUT2D eigenvalue weighted by Crippen LogP contribution is 2.33. The fraction of sp³-hybridized carbons (Fsp3) is 0.125. The SMILES string of the molecule is Cc1ccc(NC(=O)CN2C(=O)SC(=Cc3ccc(-c4ccc(Cl)cc4)o3)C2=O)cc1C. The summed E-state index contributed by atoms with van der Waals surface area (Å²) in [5, 5.41) is 2.85. The number of hydrogen-bond acceptors (Lipinski definition) is 5. The predicted octanol–water partition coefficient (Wildman–Crippen LogP) is 5.89. The number of aryl methyl sites for hydroxylation is 2. The van der Waals surface area contributed by atoms with Crippen LogP contribution in [0.15, 0.2) is 63.9 Å². The maximum absolute atomic E-state index is 12.7. The zero-order chi connectivity index (χ0) is 22.8. The maximum Gasteiger partial charge on any atom is 0.294 e. The average molecular weight is 467 g/mol. The smallest absolute Gasteiger partial charge is 0.294 e. The van der Waals surface area contributed by atoms with Crippen LogP contribution in [0, 0.1) is 13.8 Å². The fourth-order valence-corrected chi connectivity index (χ4v) is 4.07. The number of imide groups is 1. The predicted molar refractivity (Wildman–Crippen MR) is 126 cm³/mol. The molecule has 0 aliphatic carbocycles. The number of amides is 3. The van der Waals surface area contributed by atoms with Crippen molar-refractivity contribution in [3.63, 3.8) is 0 Å². The molecule has 0 unspecified atom stereocenters. The Kier molecular flexibility index (Phi) is 6.21. The molecule has 3 amide bonds. The Morgan fingerprint density at radius 3 is 2.53 bits per heavy atom. The van der Waals surface area contributed by atoms with E-state index in [1.165, 1.54) is 6.08 Å². The van der Waals surface area contributed by atoms with Crippen molar-refractivity contribution in [1.29, 1.82) is 0 Å². The molecular weight excluding hydrogens is 448 g/mol. The number of nitrogens with one attached hydrogen (secondary N) is 1. The second kappa shape index (κ2) is 9.06. The summed E-state index contributed by atoms with van der Waals surface area (Å²) in [5.41, 5.74) is 3.60. The molecule has 0 atom stereocenters. The maximum atomic E-state index is 12.7. The number of furan rings is 1. The third kappa shape index (κ3) is 4.79. The zero-order valence-corrected chi connectivity index (χ0v) is 18.9. The molecule has 162 valence electrons. The average Bonchev–Trinajstić information content (AvgIpc) is 3.32. The highest BCUT2D eigenvalue weighted by molar-refractivity contribution is 8.18. The Hall–Kier alpha value is -3.29. The van der Waals surface area contributed by atoms with E-state index >= 15 is 0 Å². The molecule has 32 heavy (non-hydrogen) atoms. The van der Waals surface area contributed by atoms with E-state index in [1.807, 2.05) is 38.1 Å². The number of carbonyl (C=O) groups excluding carboxylic acids is 3. The molecule has 8 heteroatoms. The molecule has 1 aromatic heterocycles. The van der Waals surface area contributed by atoms with Gasteiger partial charge in [-0.1, -0.05) is 17.7 Å². The van der Waals surface area contributed by atoms with E-state index in [0.29, 0.717) is 22.2 Å². The Labute approximate surface area is 194 Å². The molecule has 0 saturated carbocycles. The number of benzene rings is 2. The van der Waals surface area contributed by atoms with Crippen LogP contribution in [0.2, 0.25) is 5.02 Å². The van der Waals surface area contributed by atoms with Crippen molar-refractivity contribution in [2.24, 2.45) is 0 Å². The minimum absolute atomic E-state index is 0.200. The van der Waals surface area contributed by atoms with Gasteiger partial charge in [-0.3, -0.25) is 19.3 Å². The van der Waals surface area contributed by atoms with Crippen molar-refractivity contribution in [2.45, 2.75) is 13.8 Å². The molecule has 0 spiro atoms. The van der Waals surface area contributed by atoms with Gasteiger partial charge in [-0.2, -0.15) is 0 Å². The van der Waals surface area contributed by atoms with Crippen LogP contribution in [0.4, 0.5) is 10.5 Å². The van der Waals surface area contributed by atoms with Crippen LogP contribution in [0.1, 0.15) is 16.9 Å². The van der Waals surface area contributed by atoms with Gasteiger partial charge in [-0.05, 0) is 85.3 Å². The number of hydrogen-bond donors (Lipinski definition) is 1. The Bertz CT molecular complexity index is 1250. The third-order valence-electron chi connectivity index (χ3n) is 4.99. The van der Waals surface area contributed by atoms with Gasteiger partial charge >= 0.3 is 0 Å². The lowest BCUT2D eigenvalue weighted by Gasteiger charge is -2.13. The normalized spacial score (nSPS) is 15.0. The van der Waals surface area contributed by atoms with E-state index in [0.717, 1.165) is 33.4 Å². The summed E-state index contributed by atoms with van der Waals surface area (Å²) < 4.78 is 5.78. The highest BCUT2D eigenvalue weighted by atomic mass is 35.5. The van der Waals surface area contributed by atoms with E-state index < -0.39 is 17.1 Å². The largest absolute Gasteiger partial charge is 0.457 e. The molecule has 1 N–H and O–H groups in total. The van der Waals surface area contributed by atoms with Crippen molar-refractivity contribution in [3.05, 3.63) is 81.4 Å². The number of nitrogens with zero attached hydrogens (tertiary/aromatic N) is 1. The van der Waals surface area contributed by atoms with Gasteiger partial charge < -0.3 is 9.73 Å². The summed E-state index contributed by atoms with van der Waals surface area (Å²) in [6, 6.07) is 16.2. The Morgan fingerprint density at radius 2 is 1.81 bits per heavy atom. The van der Waals surface area contributed by atoms with Crippen LogP contribution in [0.25, 0.3) is 17.4 Å². The molecule has 0 bridgehead atoms. The van der Waals surface area contributed by atoms with Crippen molar-refractivity contribution in [2.75, 3.05) is 11.9 Å². The van der Waals surface area contributed by atoms with Crippen LogP contribution in [0.3, 0.4) is 0 Å². The van der Waals surface area contributed by atoms with Crippen LogP contribution in [-0.2, 0) is 9.59 Å².